The maximum Gasteiger partial charge on any atom is 0.416 e. The van der Waals surface area contributed by atoms with E-state index in [-0.39, 0.29) is 43.4 Å². The number of anilines is 1. The fourth-order valence-electron chi connectivity index (χ4n) is 3.97. The first kappa shape index (κ1) is 32.1. The Bertz CT molecular complexity index is 1220. The second-order valence-corrected chi connectivity index (χ2v) is 11.6. The molecule has 0 fully saturated rings. The molecule has 0 aliphatic heterocycles. The summed E-state index contributed by atoms with van der Waals surface area (Å²) in [5.74, 6) is -1.05. The Labute approximate surface area is 227 Å². The Kier molecular flexibility index (Phi) is 11.3. The molecular formula is C27H35F4N3O4S. The number of nitrogens with one attached hydrogen (secondary N) is 1. The molecule has 0 bridgehead atoms. The predicted octanol–water partition coefficient (Wildman–Crippen LogP) is 4.97. The zero-order valence-corrected chi connectivity index (χ0v) is 23.3. The first-order chi connectivity index (χ1) is 18.1. The van der Waals surface area contributed by atoms with Gasteiger partial charge < -0.3 is 10.2 Å². The second-order valence-electron chi connectivity index (χ2n) is 9.70. The lowest BCUT2D eigenvalue weighted by molar-refractivity contribution is -0.141. The van der Waals surface area contributed by atoms with E-state index < -0.39 is 39.5 Å². The van der Waals surface area contributed by atoms with E-state index in [9.17, 15) is 35.6 Å². The number of rotatable bonds is 13. The monoisotopic (exact) mass is 573 g/mol. The molecule has 0 radical (unpaired) electrons. The van der Waals surface area contributed by atoms with Gasteiger partial charge in [0.25, 0.3) is 0 Å². The molecule has 2 amide bonds. The van der Waals surface area contributed by atoms with Gasteiger partial charge in [-0.3, -0.25) is 13.9 Å². The Morgan fingerprint density at radius 1 is 1.05 bits per heavy atom. The zero-order valence-electron chi connectivity index (χ0n) is 22.5. The van der Waals surface area contributed by atoms with Gasteiger partial charge in [-0.1, -0.05) is 39.0 Å². The smallest absolute Gasteiger partial charge is 0.354 e. The molecule has 0 aromatic heterocycles. The molecule has 12 heteroatoms. The van der Waals surface area contributed by atoms with Crippen LogP contribution in [0.25, 0.3) is 0 Å². The van der Waals surface area contributed by atoms with Crippen molar-refractivity contribution < 1.29 is 35.6 Å². The number of alkyl halides is 3. The fourth-order valence-corrected chi connectivity index (χ4v) is 4.93. The summed E-state index contributed by atoms with van der Waals surface area (Å²) in [7, 11) is -3.96. The van der Waals surface area contributed by atoms with Crippen LogP contribution in [0, 0.1) is 11.7 Å². The van der Waals surface area contributed by atoms with Crippen molar-refractivity contribution in [3.63, 3.8) is 0 Å². The molecule has 0 aliphatic rings. The van der Waals surface area contributed by atoms with Crippen molar-refractivity contribution in [3.8, 4) is 0 Å². The second kappa shape index (κ2) is 13.8. The highest BCUT2D eigenvalue weighted by atomic mass is 32.2. The van der Waals surface area contributed by atoms with Crippen LogP contribution in [0.1, 0.15) is 51.2 Å². The summed E-state index contributed by atoms with van der Waals surface area (Å²) < 4.78 is 78.6. The third-order valence-corrected chi connectivity index (χ3v) is 7.14. The number of carbonyl (C=O) groups is 2. The van der Waals surface area contributed by atoms with Crippen LogP contribution in [-0.4, -0.2) is 50.5 Å². The number of halogens is 4. The lowest BCUT2D eigenvalue weighted by atomic mass is 10.1. The van der Waals surface area contributed by atoms with Crippen LogP contribution in [0.3, 0.4) is 0 Å². The zero-order chi connectivity index (χ0) is 29.4. The van der Waals surface area contributed by atoms with E-state index in [1.165, 1.54) is 35.2 Å². The van der Waals surface area contributed by atoms with Crippen LogP contribution in [0.5, 0.6) is 0 Å². The van der Waals surface area contributed by atoms with Crippen LogP contribution < -0.4 is 9.62 Å². The van der Waals surface area contributed by atoms with Crippen molar-refractivity contribution in [1.82, 2.24) is 10.2 Å². The molecule has 39 heavy (non-hydrogen) atoms. The number of nitrogens with zero attached hydrogens (tertiary/aromatic N) is 2. The van der Waals surface area contributed by atoms with Crippen molar-refractivity contribution in [3.05, 3.63) is 65.5 Å². The fraction of sp³-hybridized carbons (Fsp3) is 0.481. The standard InChI is InChI=1S/C27H35F4N3O4S/c1-5-24(26(36)32-17-19(2)3)33(18-20-11-13-22(28)14-12-20)25(35)10-7-15-34(39(4,37)38)23-9-6-8-21(16-23)27(29,30)31/h6,8-9,11-14,16,19,24H,5,7,10,15,17-18H2,1-4H3,(H,32,36)/t24-/m0/s1. The summed E-state index contributed by atoms with van der Waals surface area (Å²) in [5, 5.41) is 2.82. The molecule has 1 N–H and O–H groups in total. The average Bonchev–Trinajstić information content (AvgIpc) is 2.85. The van der Waals surface area contributed by atoms with Gasteiger partial charge in [-0.05, 0) is 54.7 Å². The largest absolute Gasteiger partial charge is 0.416 e. The van der Waals surface area contributed by atoms with Crippen LogP contribution in [0.4, 0.5) is 23.2 Å². The molecule has 7 nitrogen and oxygen atoms in total. The number of hydrogen-bond acceptors (Lipinski definition) is 4. The van der Waals surface area contributed by atoms with Crippen molar-refractivity contribution in [1.29, 1.82) is 0 Å². The molecule has 1 atom stereocenters. The quantitative estimate of drug-likeness (QED) is 0.343. The van der Waals surface area contributed by atoms with Gasteiger partial charge in [-0.25, -0.2) is 12.8 Å². The highest BCUT2D eigenvalue weighted by molar-refractivity contribution is 7.92. The van der Waals surface area contributed by atoms with Gasteiger partial charge >= 0.3 is 6.18 Å². The van der Waals surface area contributed by atoms with Gasteiger partial charge in [0.2, 0.25) is 21.8 Å². The molecule has 216 valence electrons. The van der Waals surface area contributed by atoms with Gasteiger partial charge in [0.1, 0.15) is 11.9 Å². The van der Waals surface area contributed by atoms with Crippen molar-refractivity contribution in [2.24, 2.45) is 5.92 Å². The minimum Gasteiger partial charge on any atom is -0.354 e. The van der Waals surface area contributed by atoms with Gasteiger partial charge in [-0.2, -0.15) is 13.2 Å². The van der Waals surface area contributed by atoms with Crippen LogP contribution in [0.15, 0.2) is 48.5 Å². The van der Waals surface area contributed by atoms with Crippen molar-refractivity contribution in [2.75, 3.05) is 23.7 Å². The molecule has 0 saturated heterocycles. The predicted molar refractivity (Wildman–Crippen MR) is 142 cm³/mol. The molecule has 0 aliphatic carbocycles. The van der Waals surface area contributed by atoms with Gasteiger partial charge in [-0.15, -0.1) is 0 Å². The molecule has 0 unspecified atom stereocenters. The number of benzene rings is 2. The van der Waals surface area contributed by atoms with Crippen molar-refractivity contribution >= 4 is 27.5 Å². The lowest BCUT2D eigenvalue weighted by Crippen LogP contribution is -2.49. The number of hydrogen-bond donors (Lipinski definition) is 1. The van der Waals surface area contributed by atoms with E-state index in [1.807, 2.05) is 13.8 Å². The minimum absolute atomic E-state index is 0.00782. The SMILES string of the molecule is CC[C@@H](C(=O)NCC(C)C)N(Cc1ccc(F)cc1)C(=O)CCCN(c1cccc(C(F)(F)F)c1)S(C)(=O)=O. The number of amides is 2. The normalized spacial score (nSPS) is 12.7. The summed E-state index contributed by atoms with van der Waals surface area (Å²) >= 11 is 0. The van der Waals surface area contributed by atoms with E-state index in [2.05, 4.69) is 5.32 Å². The summed E-state index contributed by atoms with van der Waals surface area (Å²) in [6.45, 7) is 5.81. The maximum absolute atomic E-state index is 13.4. The summed E-state index contributed by atoms with van der Waals surface area (Å²) in [6, 6.07) is 8.65. The van der Waals surface area contributed by atoms with E-state index in [1.54, 1.807) is 6.92 Å². The molecule has 0 saturated carbocycles. The molecule has 2 aromatic rings. The number of sulfonamides is 1. The molecule has 0 heterocycles. The third-order valence-electron chi connectivity index (χ3n) is 5.95. The Morgan fingerprint density at radius 3 is 2.23 bits per heavy atom. The Hall–Kier alpha value is -3.15. The first-order valence-corrected chi connectivity index (χ1v) is 14.4. The minimum atomic E-state index is -4.65. The number of carbonyl (C=O) groups excluding carboxylic acids is 2. The lowest BCUT2D eigenvalue weighted by Gasteiger charge is -2.31. The highest BCUT2D eigenvalue weighted by Crippen LogP contribution is 2.32. The summed E-state index contributed by atoms with van der Waals surface area (Å²) in [6.07, 6.45) is -3.65. The Balaban J connectivity index is 2.25. The van der Waals surface area contributed by atoms with E-state index in [0.717, 1.165) is 28.8 Å². The summed E-state index contributed by atoms with van der Waals surface area (Å²) in [4.78, 5) is 27.7. The third kappa shape index (κ3) is 9.83. The summed E-state index contributed by atoms with van der Waals surface area (Å²) in [5.41, 5.74) is -0.558. The topological polar surface area (TPSA) is 86.8 Å². The maximum atomic E-state index is 13.4. The van der Waals surface area contributed by atoms with E-state index in [0.29, 0.717) is 18.5 Å². The molecule has 2 aromatic carbocycles. The highest BCUT2D eigenvalue weighted by Gasteiger charge is 2.32. The molecule has 0 spiro atoms. The van der Waals surface area contributed by atoms with Crippen molar-refractivity contribution in [2.45, 2.75) is 58.8 Å². The van der Waals surface area contributed by atoms with E-state index in [4.69, 9.17) is 0 Å². The molecular weight excluding hydrogens is 538 g/mol. The van der Waals surface area contributed by atoms with Crippen LogP contribution in [-0.2, 0) is 32.3 Å². The van der Waals surface area contributed by atoms with Crippen LogP contribution in [0.2, 0.25) is 0 Å². The molecule has 2 rings (SSSR count). The van der Waals surface area contributed by atoms with Gasteiger partial charge in [0.15, 0.2) is 0 Å². The van der Waals surface area contributed by atoms with Crippen LogP contribution >= 0.6 is 0 Å². The van der Waals surface area contributed by atoms with E-state index >= 15 is 0 Å². The van der Waals surface area contributed by atoms with Gasteiger partial charge in [0, 0.05) is 26.1 Å². The Morgan fingerprint density at radius 2 is 1.69 bits per heavy atom. The van der Waals surface area contributed by atoms with Gasteiger partial charge in [0.05, 0.1) is 17.5 Å². The average molecular weight is 574 g/mol. The first-order valence-electron chi connectivity index (χ1n) is 12.6.